The fourth-order valence-electron chi connectivity index (χ4n) is 3.84. The van der Waals surface area contributed by atoms with Crippen molar-refractivity contribution in [1.82, 2.24) is 4.31 Å². The van der Waals surface area contributed by atoms with Crippen LogP contribution in [0.2, 0.25) is 0 Å². The van der Waals surface area contributed by atoms with Crippen molar-refractivity contribution in [2.45, 2.75) is 37.0 Å². The van der Waals surface area contributed by atoms with Gasteiger partial charge in [0, 0.05) is 23.5 Å². The lowest BCUT2D eigenvalue weighted by atomic mass is 10.1. The van der Waals surface area contributed by atoms with Gasteiger partial charge in [-0.15, -0.1) is 11.3 Å². The Morgan fingerprint density at radius 3 is 2.41 bits per heavy atom. The number of carbonyl (C=O) groups is 2. The molecule has 1 aliphatic carbocycles. The molecular formula is C20H22N2O5S2. The first-order chi connectivity index (χ1) is 13.9. The van der Waals surface area contributed by atoms with Gasteiger partial charge < -0.3 is 10.1 Å². The largest absolute Gasteiger partial charge is 0.465 e. The Balaban J connectivity index is 1.55. The van der Waals surface area contributed by atoms with Gasteiger partial charge in [0.1, 0.15) is 5.00 Å². The Hall–Kier alpha value is -2.23. The smallest absolute Gasteiger partial charge is 0.341 e. The number of nitrogens with one attached hydrogen (secondary N) is 1. The number of ether oxygens (including phenoxy) is 1. The standard InChI is InChI=1S/C20H22N2O5S2/c1-27-20(24)17-15-5-4-6-16(15)28-19(17)21-18(23)13-7-9-14(10-8-13)29(25,26)22-11-2-3-12-22/h7-10H,2-6,11-12H2,1H3,(H,21,23). The summed E-state index contributed by atoms with van der Waals surface area (Å²) >= 11 is 1.40. The summed E-state index contributed by atoms with van der Waals surface area (Å²) in [5.41, 5.74) is 1.73. The number of aryl methyl sites for hydroxylation is 1. The topological polar surface area (TPSA) is 92.8 Å². The van der Waals surface area contributed by atoms with Crippen LogP contribution in [0.1, 0.15) is 50.4 Å². The molecule has 4 rings (SSSR count). The molecule has 9 heteroatoms. The monoisotopic (exact) mass is 434 g/mol. The average molecular weight is 435 g/mol. The van der Waals surface area contributed by atoms with Gasteiger partial charge >= 0.3 is 5.97 Å². The van der Waals surface area contributed by atoms with Crippen LogP contribution in [-0.2, 0) is 27.6 Å². The van der Waals surface area contributed by atoms with E-state index in [1.54, 1.807) is 0 Å². The number of thiophene rings is 1. The lowest BCUT2D eigenvalue weighted by Crippen LogP contribution is -2.27. The van der Waals surface area contributed by atoms with Crippen LogP contribution in [-0.4, -0.2) is 44.8 Å². The average Bonchev–Trinajstić information content (AvgIpc) is 3.45. The quantitative estimate of drug-likeness (QED) is 0.730. The number of esters is 1. The van der Waals surface area contributed by atoms with Crippen LogP contribution in [0.3, 0.4) is 0 Å². The third-order valence-corrected chi connectivity index (χ3v) is 8.48. The molecule has 2 heterocycles. The van der Waals surface area contributed by atoms with Crippen LogP contribution in [0, 0.1) is 0 Å². The Morgan fingerprint density at radius 2 is 1.76 bits per heavy atom. The third-order valence-electron chi connectivity index (χ3n) is 5.36. The Labute approximate surface area is 173 Å². The number of benzene rings is 1. The number of hydrogen-bond acceptors (Lipinski definition) is 6. The minimum Gasteiger partial charge on any atom is -0.465 e. The van der Waals surface area contributed by atoms with Gasteiger partial charge in [0.05, 0.1) is 17.6 Å². The fourth-order valence-corrected chi connectivity index (χ4v) is 6.63. The van der Waals surface area contributed by atoms with E-state index in [2.05, 4.69) is 5.32 Å². The molecule has 1 aromatic carbocycles. The molecule has 1 amide bonds. The summed E-state index contributed by atoms with van der Waals surface area (Å²) in [5, 5.41) is 3.29. The maximum Gasteiger partial charge on any atom is 0.341 e. The van der Waals surface area contributed by atoms with Gasteiger partial charge in [-0.2, -0.15) is 4.31 Å². The zero-order valence-electron chi connectivity index (χ0n) is 16.1. The first-order valence-electron chi connectivity index (χ1n) is 9.56. The van der Waals surface area contributed by atoms with Gasteiger partial charge in [-0.3, -0.25) is 4.79 Å². The van der Waals surface area contributed by atoms with E-state index in [1.807, 2.05) is 0 Å². The number of hydrogen-bond donors (Lipinski definition) is 1. The first kappa shape index (κ1) is 20.1. The van der Waals surface area contributed by atoms with Crippen molar-refractivity contribution in [3.05, 3.63) is 45.8 Å². The molecule has 7 nitrogen and oxygen atoms in total. The van der Waals surface area contributed by atoms with E-state index in [9.17, 15) is 18.0 Å². The van der Waals surface area contributed by atoms with Crippen molar-refractivity contribution in [2.24, 2.45) is 0 Å². The summed E-state index contributed by atoms with van der Waals surface area (Å²) in [4.78, 5) is 26.2. The van der Waals surface area contributed by atoms with Crippen molar-refractivity contribution in [1.29, 1.82) is 0 Å². The van der Waals surface area contributed by atoms with E-state index >= 15 is 0 Å². The summed E-state index contributed by atoms with van der Waals surface area (Å²) in [5.74, 6) is -0.841. The van der Waals surface area contributed by atoms with Gasteiger partial charge in [0.2, 0.25) is 10.0 Å². The highest BCUT2D eigenvalue weighted by molar-refractivity contribution is 7.89. The van der Waals surface area contributed by atoms with Crippen LogP contribution >= 0.6 is 11.3 Å². The molecule has 154 valence electrons. The second-order valence-corrected chi connectivity index (χ2v) is 10.2. The van der Waals surface area contributed by atoms with Crippen molar-refractivity contribution in [3.63, 3.8) is 0 Å². The number of nitrogens with zero attached hydrogens (tertiary/aromatic N) is 1. The van der Waals surface area contributed by atoms with Crippen molar-refractivity contribution < 1.29 is 22.7 Å². The lowest BCUT2D eigenvalue weighted by molar-refractivity contribution is 0.0601. The fraction of sp³-hybridized carbons (Fsp3) is 0.400. The van der Waals surface area contributed by atoms with Crippen LogP contribution in [0.5, 0.6) is 0 Å². The molecule has 0 spiro atoms. The minimum atomic E-state index is -3.52. The number of methoxy groups -OCH3 is 1. The van der Waals surface area contributed by atoms with E-state index in [4.69, 9.17) is 4.74 Å². The molecule has 0 unspecified atom stereocenters. The molecule has 29 heavy (non-hydrogen) atoms. The predicted molar refractivity (Wildman–Crippen MR) is 110 cm³/mol. The Kier molecular flexibility index (Phi) is 5.46. The predicted octanol–water partition coefficient (Wildman–Crippen LogP) is 3.06. The van der Waals surface area contributed by atoms with Gasteiger partial charge in [0.15, 0.2) is 0 Å². The summed E-state index contributed by atoms with van der Waals surface area (Å²) in [7, 11) is -2.19. The molecule has 1 N–H and O–H groups in total. The molecule has 1 fully saturated rings. The third kappa shape index (κ3) is 3.70. The van der Waals surface area contributed by atoms with Crippen LogP contribution in [0.15, 0.2) is 29.2 Å². The molecule has 2 aromatic rings. The molecule has 1 aliphatic heterocycles. The maximum absolute atomic E-state index is 12.7. The highest BCUT2D eigenvalue weighted by Crippen LogP contribution is 2.39. The zero-order chi connectivity index (χ0) is 20.6. The van der Waals surface area contributed by atoms with Gasteiger partial charge in [-0.25, -0.2) is 13.2 Å². The SMILES string of the molecule is COC(=O)c1c(NC(=O)c2ccc(S(=O)(=O)N3CCCC3)cc2)sc2c1CCC2. The van der Waals surface area contributed by atoms with Gasteiger partial charge in [-0.05, 0) is 61.9 Å². The number of fused-ring (bicyclic) bond motifs is 1. The summed E-state index contributed by atoms with van der Waals surface area (Å²) in [6, 6.07) is 5.91. The van der Waals surface area contributed by atoms with E-state index in [0.717, 1.165) is 42.5 Å². The summed E-state index contributed by atoms with van der Waals surface area (Å²) in [6.45, 7) is 1.06. The number of carbonyl (C=O) groups excluding carboxylic acids is 2. The number of anilines is 1. The van der Waals surface area contributed by atoms with E-state index < -0.39 is 16.0 Å². The van der Waals surface area contributed by atoms with E-state index in [-0.39, 0.29) is 10.8 Å². The maximum atomic E-state index is 12.7. The molecule has 0 radical (unpaired) electrons. The highest BCUT2D eigenvalue weighted by Gasteiger charge is 2.29. The Morgan fingerprint density at radius 1 is 1.07 bits per heavy atom. The molecule has 0 bridgehead atoms. The van der Waals surface area contributed by atoms with Crippen LogP contribution in [0.4, 0.5) is 5.00 Å². The van der Waals surface area contributed by atoms with Crippen molar-refractivity contribution in [2.75, 3.05) is 25.5 Å². The first-order valence-corrected chi connectivity index (χ1v) is 11.8. The highest BCUT2D eigenvalue weighted by atomic mass is 32.2. The molecule has 0 saturated carbocycles. The second kappa shape index (κ2) is 7.89. The number of rotatable bonds is 5. The minimum absolute atomic E-state index is 0.182. The summed E-state index contributed by atoms with van der Waals surface area (Å²) in [6.07, 6.45) is 4.42. The molecular weight excluding hydrogens is 412 g/mol. The molecule has 1 saturated heterocycles. The van der Waals surface area contributed by atoms with Gasteiger partial charge in [-0.1, -0.05) is 0 Å². The van der Waals surface area contributed by atoms with Crippen molar-refractivity contribution >= 4 is 38.2 Å². The van der Waals surface area contributed by atoms with E-state index in [0.29, 0.717) is 29.2 Å². The lowest BCUT2D eigenvalue weighted by Gasteiger charge is -2.15. The zero-order valence-corrected chi connectivity index (χ0v) is 17.7. The Bertz CT molecular complexity index is 1050. The van der Waals surface area contributed by atoms with Gasteiger partial charge in [0.25, 0.3) is 5.91 Å². The van der Waals surface area contributed by atoms with Crippen molar-refractivity contribution in [3.8, 4) is 0 Å². The molecule has 0 atom stereocenters. The van der Waals surface area contributed by atoms with E-state index in [1.165, 1.54) is 47.0 Å². The molecule has 1 aromatic heterocycles. The number of amides is 1. The number of sulfonamides is 1. The normalized spacial score (nSPS) is 16.6. The molecule has 2 aliphatic rings. The van der Waals surface area contributed by atoms with Crippen LogP contribution in [0.25, 0.3) is 0 Å². The summed E-state index contributed by atoms with van der Waals surface area (Å²) < 4.78 is 31.6. The van der Waals surface area contributed by atoms with Crippen LogP contribution < -0.4 is 5.32 Å². The second-order valence-electron chi connectivity index (χ2n) is 7.14.